The average molecular weight is 306 g/mol. The molecule has 0 radical (unpaired) electrons. The monoisotopic (exact) mass is 306 g/mol. The first-order valence-electron chi connectivity index (χ1n) is 7.58. The van der Waals surface area contributed by atoms with Gasteiger partial charge in [0.25, 0.3) is 0 Å². The zero-order valence-corrected chi connectivity index (χ0v) is 12.7. The predicted octanol–water partition coefficient (Wildman–Crippen LogP) is 2.18. The number of benzene rings is 1. The van der Waals surface area contributed by atoms with Gasteiger partial charge >= 0.3 is 0 Å². The molecule has 3 atom stereocenters. The van der Waals surface area contributed by atoms with Crippen LogP contribution in [0.15, 0.2) is 30.3 Å². The Balaban J connectivity index is 1.83. The number of hydrogen-bond acceptors (Lipinski definition) is 5. The second-order valence-electron chi connectivity index (χ2n) is 5.67. The second kappa shape index (κ2) is 8.17. The lowest BCUT2D eigenvalue weighted by Gasteiger charge is -2.30. The molecule has 1 aromatic rings. The smallest absolute Gasteiger partial charge is 0.184 e. The molecule has 1 heterocycles. The van der Waals surface area contributed by atoms with Gasteiger partial charge in [-0.25, -0.2) is 0 Å². The van der Waals surface area contributed by atoms with Gasteiger partial charge in [-0.2, -0.15) is 0 Å². The molecule has 5 heteroatoms. The fraction of sp³-hybridized carbons (Fsp3) is 0.529. The third kappa shape index (κ3) is 5.33. The van der Waals surface area contributed by atoms with E-state index in [0.29, 0.717) is 13.0 Å². The maximum Gasteiger partial charge on any atom is 0.184 e. The fourth-order valence-electron chi connectivity index (χ4n) is 2.47. The van der Waals surface area contributed by atoms with Crippen molar-refractivity contribution in [1.29, 1.82) is 0 Å². The lowest BCUT2D eigenvalue weighted by Crippen LogP contribution is -2.29. The van der Waals surface area contributed by atoms with Gasteiger partial charge in [0, 0.05) is 18.4 Å². The number of hydrogen-bond donors (Lipinski definition) is 1. The van der Waals surface area contributed by atoms with Crippen LogP contribution in [-0.4, -0.2) is 35.5 Å². The van der Waals surface area contributed by atoms with Crippen molar-refractivity contribution in [2.24, 2.45) is 0 Å². The Morgan fingerprint density at radius 3 is 2.68 bits per heavy atom. The van der Waals surface area contributed by atoms with Crippen molar-refractivity contribution in [3.8, 4) is 0 Å². The van der Waals surface area contributed by atoms with Gasteiger partial charge in [-0.05, 0) is 13.3 Å². The standard InChI is InChI=1S/C17H22O5/c1-12(18)9-14(19)10-15(20)11-16-7-8-21-17(22-16)13-5-3-2-4-6-13/h2-6,12,16-18H,7-11H2,1H3/t12-,16+,17+/m1/s1. The van der Waals surface area contributed by atoms with Crippen LogP contribution in [0.4, 0.5) is 0 Å². The van der Waals surface area contributed by atoms with Gasteiger partial charge in [-0.3, -0.25) is 9.59 Å². The molecule has 1 aliphatic rings. The summed E-state index contributed by atoms with van der Waals surface area (Å²) in [6.07, 6.45) is -0.666. The number of aliphatic hydroxyl groups excluding tert-OH is 1. The van der Waals surface area contributed by atoms with Crippen molar-refractivity contribution in [2.45, 2.75) is 51.1 Å². The lowest BCUT2D eigenvalue weighted by molar-refractivity contribution is -0.217. The first kappa shape index (κ1) is 16.8. The highest BCUT2D eigenvalue weighted by atomic mass is 16.7. The van der Waals surface area contributed by atoms with E-state index in [-0.39, 0.29) is 36.9 Å². The highest BCUT2D eigenvalue weighted by Gasteiger charge is 2.26. The average Bonchev–Trinajstić information content (AvgIpc) is 2.47. The van der Waals surface area contributed by atoms with E-state index in [1.54, 1.807) is 0 Å². The Morgan fingerprint density at radius 1 is 1.27 bits per heavy atom. The first-order chi connectivity index (χ1) is 10.5. The van der Waals surface area contributed by atoms with E-state index in [1.807, 2.05) is 30.3 Å². The van der Waals surface area contributed by atoms with E-state index < -0.39 is 12.4 Å². The Bertz CT molecular complexity index is 497. The lowest BCUT2D eigenvalue weighted by atomic mass is 10.0. The maximum atomic E-state index is 11.9. The summed E-state index contributed by atoms with van der Waals surface area (Å²) in [4.78, 5) is 23.5. The Morgan fingerprint density at radius 2 is 2.00 bits per heavy atom. The van der Waals surface area contributed by atoms with E-state index in [0.717, 1.165) is 5.56 Å². The van der Waals surface area contributed by atoms with Crippen LogP contribution in [0.3, 0.4) is 0 Å². The molecule has 1 aliphatic heterocycles. The number of carbonyl (C=O) groups is 2. The predicted molar refractivity (Wildman–Crippen MR) is 80.2 cm³/mol. The zero-order valence-electron chi connectivity index (χ0n) is 12.7. The number of aliphatic hydroxyl groups is 1. The van der Waals surface area contributed by atoms with Crippen LogP contribution in [0.2, 0.25) is 0 Å². The Kier molecular flexibility index (Phi) is 6.24. The van der Waals surface area contributed by atoms with Gasteiger partial charge in [-0.15, -0.1) is 0 Å². The molecule has 0 unspecified atom stereocenters. The summed E-state index contributed by atoms with van der Waals surface area (Å²) in [6.45, 7) is 2.06. The van der Waals surface area contributed by atoms with Gasteiger partial charge in [0.15, 0.2) is 6.29 Å². The summed E-state index contributed by atoms with van der Waals surface area (Å²) in [5.74, 6) is -0.379. The number of carbonyl (C=O) groups excluding carboxylic acids is 2. The Labute approximate surface area is 130 Å². The van der Waals surface area contributed by atoms with Crippen LogP contribution >= 0.6 is 0 Å². The summed E-state index contributed by atoms with van der Waals surface area (Å²) in [5, 5.41) is 9.14. The molecule has 1 saturated heterocycles. The molecule has 1 fully saturated rings. The van der Waals surface area contributed by atoms with Crippen LogP contribution in [0, 0.1) is 0 Å². The molecule has 0 saturated carbocycles. The van der Waals surface area contributed by atoms with Crippen molar-refractivity contribution in [2.75, 3.05) is 6.61 Å². The fourth-order valence-corrected chi connectivity index (χ4v) is 2.47. The van der Waals surface area contributed by atoms with Crippen molar-refractivity contribution >= 4 is 11.6 Å². The normalized spacial score (nSPS) is 23.0. The molecule has 0 amide bonds. The number of ketones is 2. The summed E-state index contributed by atoms with van der Waals surface area (Å²) in [7, 11) is 0. The van der Waals surface area contributed by atoms with E-state index >= 15 is 0 Å². The molecule has 22 heavy (non-hydrogen) atoms. The van der Waals surface area contributed by atoms with Gasteiger partial charge in [0.05, 0.1) is 25.2 Å². The minimum Gasteiger partial charge on any atom is -0.393 e. The highest BCUT2D eigenvalue weighted by Crippen LogP contribution is 2.27. The molecular formula is C17H22O5. The molecule has 2 rings (SSSR count). The van der Waals surface area contributed by atoms with E-state index in [2.05, 4.69) is 0 Å². The minimum atomic E-state index is -0.706. The topological polar surface area (TPSA) is 72.8 Å². The van der Waals surface area contributed by atoms with E-state index in [1.165, 1.54) is 6.92 Å². The quantitative estimate of drug-likeness (QED) is 0.782. The summed E-state index contributed by atoms with van der Waals surface area (Å²) in [6, 6.07) is 9.57. The van der Waals surface area contributed by atoms with Crippen molar-refractivity contribution < 1.29 is 24.2 Å². The SMILES string of the molecule is C[C@@H](O)CC(=O)CC(=O)C[C@@H]1CCO[C@H](c2ccccc2)O1. The van der Waals surface area contributed by atoms with Gasteiger partial charge in [-0.1, -0.05) is 30.3 Å². The largest absolute Gasteiger partial charge is 0.393 e. The Hall–Kier alpha value is -1.56. The van der Waals surface area contributed by atoms with Crippen molar-refractivity contribution in [3.05, 3.63) is 35.9 Å². The molecule has 0 aliphatic carbocycles. The first-order valence-corrected chi connectivity index (χ1v) is 7.58. The summed E-state index contributed by atoms with van der Waals surface area (Å²) < 4.78 is 11.4. The number of ether oxygens (including phenoxy) is 2. The maximum absolute atomic E-state index is 11.9. The molecule has 1 aromatic carbocycles. The molecule has 5 nitrogen and oxygen atoms in total. The molecule has 0 spiro atoms. The van der Waals surface area contributed by atoms with Crippen molar-refractivity contribution in [3.63, 3.8) is 0 Å². The van der Waals surface area contributed by atoms with Crippen LogP contribution in [0.1, 0.15) is 44.5 Å². The molecule has 0 aromatic heterocycles. The van der Waals surface area contributed by atoms with Crippen LogP contribution in [0.25, 0.3) is 0 Å². The molecular weight excluding hydrogens is 284 g/mol. The minimum absolute atomic E-state index is 0.0208. The molecule has 120 valence electrons. The van der Waals surface area contributed by atoms with Crippen molar-refractivity contribution in [1.82, 2.24) is 0 Å². The number of rotatable bonds is 7. The van der Waals surface area contributed by atoms with Crippen LogP contribution in [-0.2, 0) is 19.1 Å². The highest BCUT2D eigenvalue weighted by molar-refractivity contribution is 5.99. The summed E-state index contributed by atoms with van der Waals surface area (Å²) in [5.41, 5.74) is 0.921. The van der Waals surface area contributed by atoms with E-state index in [9.17, 15) is 9.59 Å². The van der Waals surface area contributed by atoms with Gasteiger partial charge < -0.3 is 14.6 Å². The molecule has 1 N–H and O–H groups in total. The van der Waals surface area contributed by atoms with E-state index in [4.69, 9.17) is 14.6 Å². The third-order valence-corrected chi connectivity index (χ3v) is 3.47. The van der Waals surface area contributed by atoms with Gasteiger partial charge in [0.2, 0.25) is 0 Å². The zero-order chi connectivity index (χ0) is 15.9. The third-order valence-electron chi connectivity index (χ3n) is 3.47. The molecule has 0 bridgehead atoms. The van der Waals surface area contributed by atoms with Crippen LogP contribution in [0.5, 0.6) is 0 Å². The summed E-state index contributed by atoms with van der Waals surface area (Å²) >= 11 is 0. The van der Waals surface area contributed by atoms with Gasteiger partial charge in [0.1, 0.15) is 11.6 Å². The van der Waals surface area contributed by atoms with Crippen LogP contribution < -0.4 is 0 Å². The number of Topliss-reactive ketones (excluding diaryl/α,β-unsaturated/α-hetero) is 2. The second-order valence-corrected chi connectivity index (χ2v) is 5.67.